The van der Waals surface area contributed by atoms with Crippen molar-refractivity contribution in [3.63, 3.8) is 0 Å². The summed E-state index contributed by atoms with van der Waals surface area (Å²) in [5, 5.41) is 1.000. The summed E-state index contributed by atoms with van der Waals surface area (Å²) < 4.78 is 11.0. The third kappa shape index (κ3) is 3.87. The predicted molar refractivity (Wildman–Crippen MR) is 52.5 cm³/mol. The number of alkyl halides is 1. The minimum absolute atomic E-state index is 0.0697. The van der Waals surface area contributed by atoms with Gasteiger partial charge in [-0.05, 0) is 25.2 Å². The van der Waals surface area contributed by atoms with E-state index < -0.39 is 0 Å². The van der Waals surface area contributed by atoms with Crippen LogP contribution >= 0.6 is 15.9 Å². The van der Waals surface area contributed by atoms with E-state index in [9.17, 15) is 0 Å². The molecule has 1 unspecified atom stereocenters. The van der Waals surface area contributed by atoms with Gasteiger partial charge in [-0.3, -0.25) is 0 Å². The van der Waals surface area contributed by atoms with Crippen LogP contribution < -0.4 is 0 Å². The first kappa shape index (κ1) is 10.5. The molecule has 1 aliphatic heterocycles. The summed E-state index contributed by atoms with van der Waals surface area (Å²) in [7, 11) is 0. The van der Waals surface area contributed by atoms with Gasteiger partial charge < -0.3 is 9.47 Å². The molecule has 1 fully saturated rings. The van der Waals surface area contributed by atoms with Crippen molar-refractivity contribution in [2.45, 2.75) is 32.5 Å². The highest BCUT2D eigenvalue weighted by atomic mass is 79.9. The van der Waals surface area contributed by atoms with Crippen molar-refractivity contribution < 1.29 is 9.47 Å². The number of rotatable bonds is 4. The first-order valence-electron chi connectivity index (χ1n) is 4.62. The van der Waals surface area contributed by atoms with Crippen LogP contribution in [0.3, 0.4) is 0 Å². The van der Waals surface area contributed by atoms with E-state index in [4.69, 9.17) is 9.47 Å². The number of ether oxygens (including phenoxy) is 2. The lowest BCUT2D eigenvalue weighted by Gasteiger charge is -2.23. The molecule has 0 aromatic rings. The van der Waals surface area contributed by atoms with Crippen molar-refractivity contribution in [1.29, 1.82) is 0 Å². The Morgan fingerprint density at radius 1 is 1.58 bits per heavy atom. The Bertz CT molecular complexity index is 113. The van der Waals surface area contributed by atoms with Crippen molar-refractivity contribution in [2.75, 3.05) is 18.5 Å². The summed E-state index contributed by atoms with van der Waals surface area (Å²) >= 11 is 3.42. The molecule has 0 aromatic heterocycles. The van der Waals surface area contributed by atoms with Gasteiger partial charge in [-0.2, -0.15) is 0 Å². The maximum absolute atomic E-state index is 5.58. The minimum Gasteiger partial charge on any atom is -0.353 e. The van der Waals surface area contributed by atoms with Crippen LogP contribution in [0.2, 0.25) is 0 Å². The van der Waals surface area contributed by atoms with Gasteiger partial charge in [0.1, 0.15) is 0 Å². The van der Waals surface area contributed by atoms with Gasteiger partial charge in [-0.1, -0.05) is 22.9 Å². The molecule has 3 heteroatoms. The summed E-state index contributed by atoms with van der Waals surface area (Å²) in [5.41, 5.74) is 0. The third-order valence-electron chi connectivity index (χ3n) is 1.97. The number of hydrogen-bond acceptors (Lipinski definition) is 2. The zero-order valence-corrected chi connectivity index (χ0v) is 9.18. The molecule has 2 nitrogen and oxygen atoms in total. The average molecular weight is 237 g/mol. The van der Waals surface area contributed by atoms with Crippen LogP contribution in [0.1, 0.15) is 26.2 Å². The van der Waals surface area contributed by atoms with Crippen LogP contribution in [-0.2, 0) is 9.47 Å². The molecule has 1 aliphatic rings. The molecular weight excluding hydrogens is 220 g/mol. The SMILES string of the molecule is C[C@@H](CBr)COC1CCCCO1. The maximum atomic E-state index is 5.58. The molecule has 2 atom stereocenters. The van der Waals surface area contributed by atoms with Crippen molar-refractivity contribution >= 4 is 15.9 Å². The lowest BCUT2D eigenvalue weighted by Crippen LogP contribution is -2.24. The fraction of sp³-hybridized carbons (Fsp3) is 1.00. The minimum atomic E-state index is 0.0697. The van der Waals surface area contributed by atoms with E-state index in [1.54, 1.807) is 0 Å². The fourth-order valence-electron chi connectivity index (χ4n) is 1.16. The van der Waals surface area contributed by atoms with Crippen LogP contribution in [0.15, 0.2) is 0 Å². The van der Waals surface area contributed by atoms with E-state index in [1.807, 2.05) is 0 Å². The van der Waals surface area contributed by atoms with Crippen molar-refractivity contribution in [1.82, 2.24) is 0 Å². The van der Waals surface area contributed by atoms with Gasteiger partial charge in [0, 0.05) is 11.9 Å². The summed E-state index contributed by atoms with van der Waals surface area (Å²) in [6.45, 7) is 3.83. The normalized spacial score (nSPS) is 27.0. The van der Waals surface area contributed by atoms with E-state index >= 15 is 0 Å². The zero-order chi connectivity index (χ0) is 8.81. The molecule has 72 valence electrons. The maximum Gasteiger partial charge on any atom is 0.157 e. The molecule has 1 rings (SSSR count). The van der Waals surface area contributed by atoms with Crippen LogP contribution in [0.4, 0.5) is 0 Å². The second-order valence-corrected chi connectivity index (χ2v) is 4.04. The Morgan fingerprint density at radius 2 is 2.42 bits per heavy atom. The Balaban J connectivity index is 2.05. The second kappa shape index (κ2) is 5.95. The molecule has 0 amide bonds. The molecule has 0 aliphatic carbocycles. The molecule has 0 aromatic carbocycles. The highest BCUT2D eigenvalue weighted by Gasteiger charge is 2.14. The summed E-state index contributed by atoms with van der Waals surface area (Å²) in [4.78, 5) is 0. The third-order valence-corrected chi connectivity index (χ3v) is 3.07. The molecule has 12 heavy (non-hydrogen) atoms. The monoisotopic (exact) mass is 236 g/mol. The van der Waals surface area contributed by atoms with E-state index in [1.165, 1.54) is 12.8 Å². The van der Waals surface area contributed by atoms with Gasteiger partial charge in [0.15, 0.2) is 6.29 Å². The van der Waals surface area contributed by atoms with Gasteiger partial charge in [0.05, 0.1) is 6.61 Å². The Kier molecular flexibility index (Phi) is 5.19. The van der Waals surface area contributed by atoms with E-state index in [2.05, 4.69) is 22.9 Å². The predicted octanol–water partition coefficient (Wildman–Crippen LogP) is 2.56. The number of halogens is 1. The summed E-state index contributed by atoms with van der Waals surface area (Å²) in [6, 6.07) is 0. The molecule has 0 radical (unpaired) electrons. The first-order chi connectivity index (χ1) is 5.83. The van der Waals surface area contributed by atoms with Crippen molar-refractivity contribution in [2.24, 2.45) is 5.92 Å². The van der Waals surface area contributed by atoms with Gasteiger partial charge in [0.2, 0.25) is 0 Å². The number of hydrogen-bond donors (Lipinski definition) is 0. The van der Waals surface area contributed by atoms with Crippen LogP contribution in [0, 0.1) is 5.92 Å². The average Bonchev–Trinajstić information content (AvgIpc) is 2.16. The van der Waals surface area contributed by atoms with E-state index in [0.29, 0.717) is 5.92 Å². The van der Waals surface area contributed by atoms with Gasteiger partial charge in [0.25, 0.3) is 0 Å². The Labute approximate surface area is 82.7 Å². The molecule has 1 heterocycles. The largest absolute Gasteiger partial charge is 0.353 e. The van der Waals surface area contributed by atoms with Crippen molar-refractivity contribution in [3.05, 3.63) is 0 Å². The first-order valence-corrected chi connectivity index (χ1v) is 5.74. The standard InChI is InChI=1S/C9H17BrO2/c1-8(6-10)7-12-9-4-2-3-5-11-9/h8-9H,2-7H2,1H3/t8-,9?/m0/s1. The topological polar surface area (TPSA) is 18.5 Å². The summed E-state index contributed by atoms with van der Waals surface area (Å²) in [6.07, 6.45) is 3.57. The molecule has 0 saturated carbocycles. The van der Waals surface area contributed by atoms with Crippen LogP contribution in [0.5, 0.6) is 0 Å². The van der Waals surface area contributed by atoms with E-state index in [-0.39, 0.29) is 6.29 Å². The quantitative estimate of drug-likeness (QED) is 0.699. The molecule has 0 N–H and O–H groups in total. The Hall–Kier alpha value is 0.400. The summed E-state index contributed by atoms with van der Waals surface area (Å²) in [5.74, 6) is 0.579. The van der Waals surface area contributed by atoms with E-state index in [0.717, 1.165) is 25.0 Å². The molecule has 0 spiro atoms. The molecular formula is C9H17BrO2. The highest BCUT2D eigenvalue weighted by molar-refractivity contribution is 9.09. The smallest absolute Gasteiger partial charge is 0.157 e. The van der Waals surface area contributed by atoms with Gasteiger partial charge >= 0.3 is 0 Å². The van der Waals surface area contributed by atoms with Gasteiger partial charge in [-0.15, -0.1) is 0 Å². The van der Waals surface area contributed by atoms with Crippen molar-refractivity contribution in [3.8, 4) is 0 Å². The lowest BCUT2D eigenvalue weighted by molar-refractivity contribution is -0.167. The van der Waals surface area contributed by atoms with Crippen LogP contribution in [-0.4, -0.2) is 24.8 Å². The molecule has 1 saturated heterocycles. The Morgan fingerprint density at radius 3 is 3.00 bits per heavy atom. The highest BCUT2D eigenvalue weighted by Crippen LogP contribution is 2.14. The zero-order valence-electron chi connectivity index (χ0n) is 7.59. The lowest BCUT2D eigenvalue weighted by atomic mass is 10.2. The second-order valence-electron chi connectivity index (χ2n) is 3.39. The van der Waals surface area contributed by atoms with Gasteiger partial charge in [-0.25, -0.2) is 0 Å². The van der Waals surface area contributed by atoms with Crippen LogP contribution in [0.25, 0.3) is 0 Å². The molecule has 0 bridgehead atoms. The fourth-order valence-corrected chi connectivity index (χ4v) is 1.35.